The minimum atomic E-state index is -0.425. The standard InChI is InChI=1S/C17H18FN5O2/c1-3-13(23-17(24)22-11-7-20-16(19)21-8-11)15-9(2)12-6-10(18)4-5-14(12)25-15/h4-8,13H,3H2,1-2H3,(H2,19,20,21)(H2,22,23,24)/t13-/m0/s1. The molecule has 0 fully saturated rings. The predicted octanol–water partition coefficient (Wildman–Crippen LogP) is 3.53. The van der Waals surface area contributed by atoms with Gasteiger partial charge in [0.25, 0.3) is 0 Å². The molecule has 0 saturated carbocycles. The molecule has 2 amide bonds. The number of nitrogen functional groups attached to an aromatic ring is 1. The second-order valence-electron chi connectivity index (χ2n) is 5.62. The van der Waals surface area contributed by atoms with Crippen LogP contribution < -0.4 is 16.4 Å². The lowest BCUT2D eigenvalue weighted by Gasteiger charge is -2.16. The number of urea groups is 1. The number of hydrogen-bond acceptors (Lipinski definition) is 5. The molecule has 0 saturated heterocycles. The highest BCUT2D eigenvalue weighted by molar-refractivity contribution is 5.89. The van der Waals surface area contributed by atoms with Crippen LogP contribution in [0.25, 0.3) is 11.0 Å². The number of aryl methyl sites for hydroxylation is 1. The van der Waals surface area contributed by atoms with Gasteiger partial charge in [0.15, 0.2) is 0 Å². The van der Waals surface area contributed by atoms with Gasteiger partial charge in [0, 0.05) is 10.9 Å². The van der Waals surface area contributed by atoms with E-state index in [1.807, 2.05) is 13.8 Å². The molecule has 7 nitrogen and oxygen atoms in total. The number of aromatic nitrogens is 2. The number of anilines is 2. The lowest BCUT2D eigenvalue weighted by atomic mass is 10.1. The summed E-state index contributed by atoms with van der Waals surface area (Å²) in [7, 11) is 0. The molecular weight excluding hydrogens is 325 g/mol. The molecule has 130 valence electrons. The first-order valence-corrected chi connectivity index (χ1v) is 7.81. The Balaban J connectivity index is 1.79. The quantitative estimate of drug-likeness (QED) is 0.672. The number of rotatable bonds is 4. The molecule has 0 aliphatic carbocycles. The number of hydrogen-bond donors (Lipinski definition) is 3. The number of nitrogens with one attached hydrogen (secondary N) is 2. The summed E-state index contributed by atoms with van der Waals surface area (Å²) in [6.45, 7) is 3.77. The maximum Gasteiger partial charge on any atom is 0.319 e. The largest absolute Gasteiger partial charge is 0.459 e. The minimum Gasteiger partial charge on any atom is -0.459 e. The molecule has 0 unspecified atom stereocenters. The van der Waals surface area contributed by atoms with E-state index in [1.165, 1.54) is 24.5 Å². The van der Waals surface area contributed by atoms with Crippen molar-refractivity contribution in [3.63, 3.8) is 0 Å². The van der Waals surface area contributed by atoms with Gasteiger partial charge in [-0.2, -0.15) is 0 Å². The van der Waals surface area contributed by atoms with E-state index in [1.54, 1.807) is 6.07 Å². The predicted molar refractivity (Wildman–Crippen MR) is 92.5 cm³/mol. The summed E-state index contributed by atoms with van der Waals surface area (Å²) in [5, 5.41) is 6.17. The average molecular weight is 343 g/mol. The summed E-state index contributed by atoms with van der Waals surface area (Å²) in [6.07, 6.45) is 3.44. The highest BCUT2D eigenvalue weighted by Crippen LogP contribution is 2.31. The van der Waals surface area contributed by atoms with Crippen LogP contribution in [-0.4, -0.2) is 16.0 Å². The average Bonchev–Trinajstić information content (AvgIpc) is 2.91. The Labute approximate surface area is 143 Å². The van der Waals surface area contributed by atoms with Crippen molar-refractivity contribution in [2.75, 3.05) is 11.1 Å². The molecule has 2 heterocycles. The number of carbonyl (C=O) groups excluding carboxylic acids is 1. The molecule has 25 heavy (non-hydrogen) atoms. The molecule has 8 heteroatoms. The molecule has 0 aliphatic heterocycles. The monoisotopic (exact) mass is 343 g/mol. The van der Waals surface area contributed by atoms with Crippen LogP contribution in [0.1, 0.15) is 30.7 Å². The van der Waals surface area contributed by atoms with E-state index in [0.717, 1.165) is 5.56 Å². The molecule has 4 N–H and O–H groups in total. The zero-order valence-electron chi connectivity index (χ0n) is 13.8. The Morgan fingerprint density at radius 2 is 2.08 bits per heavy atom. The smallest absolute Gasteiger partial charge is 0.319 e. The first kappa shape index (κ1) is 16.7. The summed E-state index contributed by atoms with van der Waals surface area (Å²) in [5.41, 5.74) is 7.22. The molecule has 3 rings (SSSR count). The normalized spacial score (nSPS) is 12.1. The molecule has 0 radical (unpaired) electrons. The van der Waals surface area contributed by atoms with Crippen molar-refractivity contribution in [1.82, 2.24) is 15.3 Å². The Bertz CT molecular complexity index is 907. The van der Waals surface area contributed by atoms with Gasteiger partial charge in [-0.25, -0.2) is 19.2 Å². The number of carbonyl (C=O) groups is 1. The lowest BCUT2D eigenvalue weighted by Crippen LogP contribution is -2.32. The van der Waals surface area contributed by atoms with E-state index in [0.29, 0.717) is 28.8 Å². The van der Waals surface area contributed by atoms with Crippen LogP contribution in [0.2, 0.25) is 0 Å². The van der Waals surface area contributed by atoms with Crippen LogP contribution in [-0.2, 0) is 0 Å². The first-order chi connectivity index (χ1) is 12.0. The van der Waals surface area contributed by atoms with Gasteiger partial charge in [0.05, 0.1) is 24.1 Å². The fourth-order valence-electron chi connectivity index (χ4n) is 2.63. The van der Waals surface area contributed by atoms with Gasteiger partial charge in [-0.1, -0.05) is 6.92 Å². The zero-order chi connectivity index (χ0) is 18.0. The van der Waals surface area contributed by atoms with Crippen molar-refractivity contribution in [3.05, 3.63) is 47.7 Å². The maximum absolute atomic E-state index is 13.4. The molecule has 0 bridgehead atoms. The SMILES string of the molecule is CC[C@H](NC(=O)Nc1cnc(N)nc1)c1oc2ccc(F)cc2c1C. The second-order valence-corrected chi connectivity index (χ2v) is 5.62. The molecule has 1 atom stereocenters. The van der Waals surface area contributed by atoms with E-state index < -0.39 is 6.03 Å². The van der Waals surface area contributed by atoms with Gasteiger partial charge in [0.1, 0.15) is 17.2 Å². The molecule has 1 aromatic carbocycles. The minimum absolute atomic E-state index is 0.127. The van der Waals surface area contributed by atoms with Crippen molar-refractivity contribution < 1.29 is 13.6 Å². The van der Waals surface area contributed by atoms with Gasteiger partial charge in [0.2, 0.25) is 5.95 Å². The summed E-state index contributed by atoms with van der Waals surface area (Å²) < 4.78 is 19.3. The number of fused-ring (bicyclic) bond motifs is 1. The molecular formula is C17H18FN5O2. The van der Waals surface area contributed by atoms with E-state index in [2.05, 4.69) is 20.6 Å². The van der Waals surface area contributed by atoms with Gasteiger partial charge in [-0.3, -0.25) is 0 Å². The highest BCUT2D eigenvalue weighted by atomic mass is 19.1. The highest BCUT2D eigenvalue weighted by Gasteiger charge is 2.21. The molecule has 2 aromatic heterocycles. The Kier molecular flexibility index (Phi) is 4.51. The topological polar surface area (TPSA) is 106 Å². The number of nitrogens with zero attached hydrogens (tertiary/aromatic N) is 2. The Morgan fingerprint density at radius 1 is 1.36 bits per heavy atom. The van der Waals surface area contributed by atoms with Crippen LogP contribution in [0.4, 0.5) is 20.8 Å². The summed E-state index contributed by atoms with van der Waals surface area (Å²) >= 11 is 0. The van der Waals surface area contributed by atoms with E-state index in [-0.39, 0.29) is 17.8 Å². The number of nitrogens with two attached hydrogens (primary N) is 1. The van der Waals surface area contributed by atoms with E-state index in [9.17, 15) is 9.18 Å². The van der Waals surface area contributed by atoms with Crippen molar-refractivity contribution in [1.29, 1.82) is 0 Å². The van der Waals surface area contributed by atoms with Gasteiger partial charge >= 0.3 is 6.03 Å². The number of benzene rings is 1. The Hall–Kier alpha value is -3.16. The van der Waals surface area contributed by atoms with Crippen LogP contribution in [0, 0.1) is 12.7 Å². The van der Waals surface area contributed by atoms with Crippen LogP contribution in [0.5, 0.6) is 0 Å². The van der Waals surface area contributed by atoms with Gasteiger partial charge < -0.3 is 20.8 Å². The fourth-order valence-corrected chi connectivity index (χ4v) is 2.63. The third-order valence-electron chi connectivity index (χ3n) is 3.89. The summed E-state index contributed by atoms with van der Waals surface area (Å²) in [4.78, 5) is 19.8. The lowest BCUT2D eigenvalue weighted by molar-refractivity contribution is 0.246. The summed E-state index contributed by atoms with van der Waals surface area (Å²) in [6, 6.07) is 3.57. The van der Waals surface area contributed by atoms with Gasteiger partial charge in [-0.05, 0) is 31.5 Å². The fraction of sp³-hybridized carbons (Fsp3) is 0.235. The number of furan rings is 1. The molecule has 3 aromatic rings. The van der Waals surface area contributed by atoms with Crippen molar-refractivity contribution in [3.8, 4) is 0 Å². The third kappa shape index (κ3) is 3.52. The second kappa shape index (κ2) is 6.76. The third-order valence-corrected chi connectivity index (χ3v) is 3.89. The Morgan fingerprint density at radius 3 is 2.76 bits per heavy atom. The number of halogens is 1. The van der Waals surface area contributed by atoms with Crippen molar-refractivity contribution >= 4 is 28.6 Å². The van der Waals surface area contributed by atoms with Gasteiger partial charge in [-0.15, -0.1) is 0 Å². The van der Waals surface area contributed by atoms with Crippen LogP contribution in [0.3, 0.4) is 0 Å². The molecule has 0 spiro atoms. The van der Waals surface area contributed by atoms with Crippen molar-refractivity contribution in [2.45, 2.75) is 26.3 Å². The van der Waals surface area contributed by atoms with E-state index in [4.69, 9.17) is 10.2 Å². The maximum atomic E-state index is 13.4. The summed E-state index contributed by atoms with van der Waals surface area (Å²) in [5.74, 6) is 0.402. The van der Waals surface area contributed by atoms with Crippen LogP contribution >= 0.6 is 0 Å². The molecule has 0 aliphatic rings. The zero-order valence-corrected chi connectivity index (χ0v) is 13.8. The first-order valence-electron chi connectivity index (χ1n) is 7.81. The van der Waals surface area contributed by atoms with Crippen molar-refractivity contribution in [2.24, 2.45) is 0 Å². The number of amides is 2. The van der Waals surface area contributed by atoms with E-state index >= 15 is 0 Å². The van der Waals surface area contributed by atoms with Crippen LogP contribution in [0.15, 0.2) is 35.0 Å².